The summed E-state index contributed by atoms with van der Waals surface area (Å²) in [7, 11) is 1.77. The van der Waals surface area contributed by atoms with Crippen LogP contribution in [0.3, 0.4) is 0 Å². The van der Waals surface area contributed by atoms with E-state index in [2.05, 4.69) is 10.6 Å². The van der Waals surface area contributed by atoms with Crippen molar-refractivity contribution in [3.63, 3.8) is 0 Å². The minimum absolute atomic E-state index is 0.0559. The Balaban J connectivity index is 2.19. The number of hydrogen-bond donors (Lipinski definition) is 2. The lowest BCUT2D eigenvalue weighted by Gasteiger charge is -2.22. The maximum atomic E-state index is 12.1. The molecule has 0 bridgehead atoms. The van der Waals surface area contributed by atoms with Crippen molar-refractivity contribution in [2.24, 2.45) is 0 Å². The first-order chi connectivity index (χ1) is 9.03. The molecule has 1 amide bonds. The summed E-state index contributed by atoms with van der Waals surface area (Å²) in [6.45, 7) is 3.69. The molecule has 1 aromatic carbocycles. The maximum absolute atomic E-state index is 12.1. The monoisotopic (exact) mass is 257 g/mol. The third-order valence-electron chi connectivity index (χ3n) is 3.20. The van der Waals surface area contributed by atoms with Gasteiger partial charge in [0.1, 0.15) is 0 Å². The highest BCUT2D eigenvalue weighted by Crippen LogP contribution is 2.16. The molecule has 0 radical (unpaired) electrons. The Morgan fingerprint density at radius 1 is 1.16 bits per heavy atom. The van der Waals surface area contributed by atoms with E-state index in [1.54, 1.807) is 7.05 Å². The summed E-state index contributed by atoms with van der Waals surface area (Å²) in [5.41, 5.74) is 1.22. The van der Waals surface area contributed by atoms with Crippen LogP contribution in [0.2, 0.25) is 0 Å². The van der Waals surface area contributed by atoms with Gasteiger partial charge in [-0.3, -0.25) is 4.79 Å². The van der Waals surface area contributed by atoms with Crippen molar-refractivity contribution in [1.82, 2.24) is 9.88 Å². The van der Waals surface area contributed by atoms with E-state index in [1.165, 1.54) is 0 Å². The topological polar surface area (TPSA) is 46.1 Å². The van der Waals surface area contributed by atoms with Crippen LogP contribution in [0, 0.1) is 0 Å². The number of amides is 1. The molecule has 0 aliphatic rings. The molecule has 2 rings (SSSR count). The van der Waals surface area contributed by atoms with E-state index < -0.39 is 5.54 Å². The van der Waals surface area contributed by atoms with Gasteiger partial charge in [-0.05, 0) is 51.2 Å². The van der Waals surface area contributed by atoms with E-state index in [0.29, 0.717) is 0 Å². The zero-order valence-electron chi connectivity index (χ0n) is 11.5. The van der Waals surface area contributed by atoms with Crippen molar-refractivity contribution in [3.8, 4) is 5.69 Å². The number of rotatable bonds is 4. The van der Waals surface area contributed by atoms with Gasteiger partial charge in [0.15, 0.2) is 0 Å². The number of anilines is 1. The van der Waals surface area contributed by atoms with Gasteiger partial charge in [0.05, 0.1) is 5.54 Å². The van der Waals surface area contributed by atoms with Gasteiger partial charge < -0.3 is 15.2 Å². The molecule has 1 aromatic heterocycles. The molecule has 0 atom stereocenters. The molecule has 0 aliphatic carbocycles. The fraction of sp³-hybridized carbons (Fsp3) is 0.267. The quantitative estimate of drug-likeness (QED) is 0.883. The largest absolute Gasteiger partial charge is 0.324 e. The third-order valence-corrected chi connectivity index (χ3v) is 3.20. The lowest BCUT2D eigenvalue weighted by molar-refractivity contribution is -0.121. The molecule has 4 nitrogen and oxygen atoms in total. The normalized spacial score (nSPS) is 11.3. The molecule has 1 heterocycles. The second kappa shape index (κ2) is 5.28. The van der Waals surface area contributed by atoms with Crippen molar-refractivity contribution in [2.75, 3.05) is 12.4 Å². The fourth-order valence-electron chi connectivity index (χ4n) is 1.65. The van der Waals surface area contributed by atoms with Crippen LogP contribution in [0.4, 0.5) is 5.69 Å². The SMILES string of the molecule is CNC(C)(C)C(=O)Nc1cccc(-n2cccc2)c1. The Morgan fingerprint density at radius 3 is 2.47 bits per heavy atom. The summed E-state index contributed by atoms with van der Waals surface area (Å²) in [5.74, 6) is -0.0559. The number of nitrogens with one attached hydrogen (secondary N) is 2. The maximum Gasteiger partial charge on any atom is 0.244 e. The molecule has 2 N–H and O–H groups in total. The molecule has 0 aliphatic heterocycles. The Labute approximate surface area is 113 Å². The third kappa shape index (κ3) is 3.03. The molecule has 2 aromatic rings. The Hall–Kier alpha value is -2.07. The number of carbonyl (C=O) groups is 1. The zero-order chi connectivity index (χ0) is 13.9. The highest BCUT2D eigenvalue weighted by Gasteiger charge is 2.25. The van der Waals surface area contributed by atoms with E-state index in [4.69, 9.17) is 0 Å². The van der Waals surface area contributed by atoms with E-state index in [9.17, 15) is 4.79 Å². The highest BCUT2D eigenvalue weighted by atomic mass is 16.2. The molecule has 0 saturated carbocycles. The average Bonchev–Trinajstić information content (AvgIpc) is 2.93. The van der Waals surface area contributed by atoms with Crippen LogP contribution in [0.1, 0.15) is 13.8 Å². The van der Waals surface area contributed by atoms with Crippen LogP contribution in [-0.2, 0) is 4.79 Å². The first-order valence-corrected chi connectivity index (χ1v) is 6.27. The van der Waals surface area contributed by atoms with Crippen molar-refractivity contribution >= 4 is 11.6 Å². The van der Waals surface area contributed by atoms with Gasteiger partial charge in [0, 0.05) is 23.8 Å². The molecule has 0 unspecified atom stereocenters. The first-order valence-electron chi connectivity index (χ1n) is 6.27. The fourth-order valence-corrected chi connectivity index (χ4v) is 1.65. The number of likely N-dealkylation sites (N-methyl/N-ethyl adjacent to an activating group) is 1. The Morgan fingerprint density at radius 2 is 1.84 bits per heavy atom. The highest BCUT2D eigenvalue weighted by molar-refractivity contribution is 5.97. The summed E-state index contributed by atoms with van der Waals surface area (Å²) < 4.78 is 2.00. The van der Waals surface area contributed by atoms with Crippen LogP contribution in [0.5, 0.6) is 0 Å². The van der Waals surface area contributed by atoms with Crippen molar-refractivity contribution in [3.05, 3.63) is 48.8 Å². The van der Waals surface area contributed by atoms with Gasteiger partial charge in [-0.1, -0.05) is 6.07 Å². The summed E-state index contributed by atoms with van der Waals surface area (Å²) in [4.78, 5) is 12.1. The Bertz CT molecular complexity index is 559. The minimum atomic E-state index is -0.594. The summed E-state index contributed by atoms with van der Waals surface area (Å²) >= 11 is 0. The second-order valence-electron chi connectivity index (χ2n) is 4.97. The zero-order valence-corrected chi connectivity index (χ0v) is 11.5. The summed E-state index contributed by atoms with van der Waals surface area (Å²) in [6.07, 6.45) is 3.94. The number of nitrogens with zero attached hydrogens (tertiary/aromatic N) is 1. The van der Waals surface area contributed by atoms with Gasteiger partial charge in [-0.25, -0.2) is 0 Å². The summed E-state index contributed by atoms with van der Waals surface area (Å²) in [6, 6.07) is 11.7. The molecule has 4 heteroatoms. The number of aromatic nitrogens is 1. The van der Waals surface area contributed by atoms with Gasteiger partial charge >= 0.3 is 0 Å². The lowest BCUT2D eigenvalue weighted by Crippen LogP contribution is -2.47. The molecule has 0 fully saturated rings. The molecular formula is C15H19N3O. The van der Waals surface area contributed by atoms with Crippen molar-refractivity contribution in [2.45, 2.75) is 19.4 Å². The van der Waals surface area contributed by atoms with E-state index >= 15 is 0 Å². The predicted octanol–water partition coefficient (Wildman–Crippen LogP) is 2.41. The van der Waals surface area contributed by atoms with Crippen LogP contribution in [-0.4, -0.2) is 23.1 Å². The van der Waals surface area contributed by atoms with E-state index in [0.717, 1.165) is 11.4 Å². The lowest BCUT2D eigenvalue weighted by atomic mass is 10.1. The molecule has 19 heavy (non-hydrogen) atoms. The van der Waals surface area contributed by atoms with Gasteiger partial charge in [0.25, 0.3) is 0 Å². The standard InChI is InChI=1S/C15H19N3O/c1-15(2,16-3)14(19)17-12-7-6-8-13(11-12)18-9-4-5-10-18/h4-11,16H,1-3H3,(H,17,19). The van der Waals surface area contributed by atoms with Crippen molar-refractivity contribution < 1.29 is 4.79 Å². The predicted molar refractivity (Wildman–Crippen MR) is 77.5 cm³/mol. The Kier molecular flexibility index (Phi) is 3.71. The number of carbonyl (C=O) groups excluding carboxylic acids is 1. The van der Waals surface area contributed by atoms with Crippen LogP contribution < -0.4 is 10.6 Å². The van der Waals surface area contributed by atoms with Crippen LogP contribution in [0.15, 0.2) is 48.8 Å². The number of benzene rings is 1. The number of hydrogen-bond acceptors (Lipinski definition) is 2. The minimum Gasteiger partial charge on any atom is -0.324 e. The van der Waals surface area contributed by atoms with E-state index in [1.807, 2.05) is 67.2 Å². The van der Waals surface area contributed by atoms with Crippen LogP contribution in [0.25, 0.3) is 5.69 Å². The van der Waals surface area contributed by atoms with Crippen molar-refractivity contribution in [1.29, 1.82) is 0 Å². The summed E-state index contributed by atoms with van der Waals surface area (Å²) in [5, 5.41) is 5.91. The van der Waals surface area contributed by atoms with Crippen LogP contribution >= 0.6 is 0 Å². The first kappa shape index (κ1) is 13.4. The van der Waals surface area contributed by atoms with Gasteiger partial charge in [-0.15, -0.1) is 0 Å². The second-order valence-corrected chi connectivity index (χ2v) is 4.97. The van der Waals surface area contributed by atoms with Gasteiger partial charge in [-0.2, -0.15) is 0 Å². The molecule has 0 saturated heterocycles. The smallest absolute Gasteiger partial charge is 0.244 e. The average molecular weight is 257 g/mol. The van der Waals surface area contributed by atoms with Gasteiger partial charge in [0.2, 0.25) is 5.91 Å². The molecule has 100 valence electrons. The molecule has 0 spiro atoms. The molecular weight excluding hydrogens is 238 g/mol. The van der Waals surface area contributed by atoms with E-state index in [-0.39, 0.29) is 5.91 Å².